The Balaban J connectivity index is 1.22. The molecule has 0 atom stereocenters. The molecule has 4 amide bonds. The average molecular weight is 456 g/mol. The number of hydrogen-bond donors (Lipinski definition) is 1. The van der Waals surface area contributed by atoms with Crippen molar-refractivity contribution in [3.8, 4) is 5.75 Å². The van der Waals surface area contributed by atoms with Crippen molar-refractivity contribution >= 4 is 17.8 Å². The van der Waals surface area contributed by atoms with Crippen molar-refractivity contribution in [1.29, 1.82) is 0 Å². The molecule has 0 aromatic heterocycles. The summed E-state index contributed by atoms with van der Waals surface area (Å²) in [6.45, 7) is 6.08. The molecule has 0 unspecified atom stereocenters. The Morgan fingerprint density at radius 1 is 1.09 bits per heavy atom. The number of nitrogens with one attached hydrogen (secondary N) is 1. The number of rotatable bonds is 7. The highest BCUT2D eigenvalue weighted by atomic mass is 16.5. The Labute approximate surface area is 196 Å². The quantitative estimate of drug-likeness (QED) is 0.635. The van der Waals surface area contributed by atoms with E-state index in [9.17, 15) is 14.4 Å². The van der Waals surface area contributed by atoms with Crippen molar-refractivity contribution in [2.75, 3.05) is 26.2 Å². The maximum absolute atomic E-state index is 13.0. The minimum Gasteiger partial charge on any atom is -0.494 e. The second-order valence-electron chi connectivity index (χ2n) is 10.0. The first-order valence-electron chi connectivity index (χ1n) is 12.5. The molecule has 0 bridgehead atoms. The number of carbonyl (C=O) groups is 3. The van der Waals surface area contributed by atoms with E-state index in [0.29, 0.717) is 44.4 Å². The molecular weight excluding hydrogens is 418 g/mol. The first kappa shape index (κ1) is 23.6. The molecule has 7 heteroatoms. The van der Waals surface area contributed by atoms with E-state index in [1.54, 1.807) is 0 Å². The van der Waals surface area contributed by atoms with Gasteiger partial charge in [0.2, 0.25) is 5.91 Å². The van der Waals surface area contributed by atoms with Crippen LogP contribution in [0.2, 0.25) is 0 Å². The molecule has 1 N–H and O–H groups in total. The average Bonchev–Trinajstić information content (AvgIpc) is 3.05. The molecule has 1 aliphatic carbocycles. The van der Waals surface area contributed by atoms with Crippen LogP contribution < -0.4 is 10.1 Å². The molecule has 1 aromatic rings. The third-order valence-corrected chi connectivity index (χ3v) is 7.71. The molecule has 1 aromatic carbocycles. The summed E-state index contributed by atoms with van der Waals surface area (Å²) in [5.74, 6) is 1.74. The van der Waals surface area contributed by atoms with Crippen molar-refractivity contribution in [3.63, 3.8) is 0 Å². The number of ether oxygens (including phenoxy) is 1. The van der Waals surface area contributed by atoms with Crippen LogP contribution in [-0.4, -0.2) is 59.4 Å². The summed E-state index contributed by atoms with van der Waals surface area (Å²) in [4.78, 5) is 41.4. The summed E-state index contributed by atoms with van der Waals surface area (Å²) in [5, 5.41) is 2.91. The van der Waals surface area contributed by atoms with Gasteiger partial charge in [0.1, 0.15) is 17.8 Å². The second kappa shape index (κ2) is 10.1. The zero-order valence-corrected chi connectivity index (χ0v) is 20.0. The van der Waals surface area contributed by atoms with Crippen LogP contribution in [0.1, 0.15) is 64.4 Å². The summed E-state index contributed by atoms with van der Waals surface area (Å²) in [7, 11) is 0. The molecule has 33 heavy (non-hydrogen) atoms. The zero-order chi connectivity index (χ0) is 23.4. The number of likely N-dealkylation sites (tertiary alicyclic amines) is 1. The lowest BCUT2D eigenvalue weighted by atomic mass is 9.77. The minimum absolute atomic E-state index is 0.121. The molecule has 4 rings (SSSR count). The monoisotopic (exact) mass is 455 g/mol. The number of aryl methyl sites for hydroxylation is 1. The van der Waals surface area contributed by atoms with Gasteiger partial charge in [-0.1, -0.05) is 19.1 Å². The van der Waals surface area contributed by atoms with Gasteiger partial charge >= 0.3 is 6.03 Å². The highest BCUT2D eigenvalue weighted by molar-refractivity contribution is 6.09. The van der Waals surface area contributed by atoms with Gasteiger partial charge in [0.15, 0.2) is 0 Å². The molecule has 180 valence electrons. The molecule has 3 fully saturated rings. The fraction of sp³-hybridized carbons (Fsp3) is 0.654. The first-order valence-corrected chi connectivity index (χ1v) is 12.5. The lowest BCUT2D eigenvalue weighted by molar-refractivity contribution is -0.140. The summed E-state index contributed by atoms with van der Waals surface area (Å²) in [6, 6.07) is 7.89. The van der Waals surface area contributed by atoms with Crippen molar-refractivity contribution < 1.29 is 19.1 Å². The van der Waals surface area contributed by atoms with Crippen molar-refractivity contribution in [3.05, 3.63) is 29.8 Å². The van der Waals surface area contributed by atoms with E-state index >= 15 is 0 Å². The third-order valence-electron chi connectivity index (χ3n) is 7.71. The fourth-order valence-corrected chi connectivity index (χ4v) is 5.41. The van der Waals surface area contributed by atoms with Crippen molar-refractivity contribution in [2.45, 2.75) is 70.8 Å². The molecule has 1 saturated carbocycles. The fourth-order valence-electron chi connectivity index (χ4n) is 5.41. The van der Waals surface area contributed by atoms with Crippen LogP contribution in [0.3, 0.4) is 0 Å². The normalized spacial score (nSPS) is 26.1. The highest BCUT2D eigenvalue weighted by Gasteiger charge is 2.52. The number of nitrogens with zero attached hydrogens (tertiary/aromatic N) is 2. The van der Waals surface area contributed by atoms with Gasteiger partial charge in [0.05, 0.1) is 6.61 Å². The van der Waals surface area contributed by atoms with Gasteiger partial charge in [-0.3, -0.25) is 14.5 Å². The second-order valence-corrected chi connectivity index (χ2v) is 10.0. The number of piperidine rings is 1. The SMILES string of the molecule is CCOc1ccc(CCC2CCN(C(=O)CN3C(=O)NC4(CCC(C)CC4)C3=O)CC2)cc1. The predicted octanol–water partition coefficient (Wildman–Crippen LogP) is 3.76. The van der Waals surface area contributed by atoms with Gasteiger partial charge < -0.3 is 15.0 Å². The zero-order valence-electron chi connectivity index (χ0n) is 20.0. The van der Waals surface area contributed by atoms with Crippen LogP contribution >= 0.6 is 0 Å². The van der Waals surface area contributed by atoms with E-state index in [4.69, 9.17) is 4.74 Å². The van der Waals surface area contributed by atoms with Crippen LogP contribution in [-0.2, 0) is 16.0 Å². The largest absolute Gasteiger partial charge is 0.494 e. The Kier molecular flexibility index (Phi) is 7.25. The molecule has 2 aliphatic heterocycles. The topological polar surface area (TPSA) is 79.0 Å². The Hall–Kier alpha value is -2.57. The number of benzene rings is 1. The first-order chi connectivity index (χ1) is 15.9. The standard InChI is InChI=1S/C26H37N3O4/c1-3-33-22-8-6-20(7-9-22)4-5-21-12-16-28(17-13-21)23(30)18-29-24(31)26(27-25(29)32)14-10-19(2)11-15-26/h6-9,19,21H,3-5,10-18H2,1-2H3,(H,27,32). The van der Waals surface area contributed by atoms with Gasteiger partial charge in [-0.2, -0.15) is 0 Å². The molecule has 7 nitrogen and oxygen atoms in total. The molecular formula is C26H37N3O4. The lowest BCUT2D eigenvalue weighted by Crippen LogP contribution is -2.50. The number of carbonyl (C=O) groups excluding carboxylic acids is 3. The number of amides is 4. The van der Waals surface area contributed by atoms with Gasteiger partial charge in [-0.05, 0) is 87.8 Å². The minimum atomic E-state index is -0.780. The molecule has 1 spiro atoms. The number of hydrogen-bond acceptors (Lipinski definition) is 4. The van der Waals surface area contributed by atoms with E-state index in [-0.39, 0.29) is 18.4 Å². The Morgan fingerprint density at radius 3 is 2.39 bits per heavy atom. The molecule has 2 saturated heterocycles. The van der Waals surface area contributed by atoms with Crippen LogP contribution in [0.5, 0.6) is 5.75 Å². The van der Waals surface area contributed by atoms with E-state index < -0.39 is 11.6 Å². The van der Waals surface area contributed by atoms with E-state index in [0.717, 1.165) is 49.2 Å². The Morgan fingerprint density at radius 2 is 1.76 bits per heavy atom. The summed E-state index contributed by atoms with van der Waals surface area (Å²) in [6.07, 6.45) is 7.25. The molecule has 0 radical (unpaired) electrons. The van der Waals surface area contributed by atoms with Crippen LogP contribution in [0.15, 0.2) is 24.3 Å². The predicted molar refractivity (Wildman–Crippen MR) is 126 cm³/mol. The Bertz CT molecular complexity index is 853. The van der Waals surface area contributed by atoms with Crippen molar-refractivity contribution in [1.82, 2.24) is 15.1 Å². The smallest absolute Gasteiger partial charge is 0.325 e. The van der Waals surface area contributed by atoms with Crippen LogP contribution in [0.25, 0.3) is 0 Å². The third kappa shape index (κ3) is 5.33. The summed E-state index contributed by atoms with van der Waals surface area (Å²) in [5.41, 5.74) is 0.527. The maximum atomic E-state index is 13.0. The summed E-state index contributed by atoms with van der Waals surface area (Å²) < 4.78 is 5.50. The number of imide groups is 1. The van der Waals surface area contributed by atoms with Crippen LogP contribution in [0.4, 0.5) is 4.79 Å². The number of urea groups is 1. The van der Waals surface area contributed by atoms with Gasteiger partial charge in [-0.25, -0.2) is 4.79 Å². The summed E-state index contributed by atoms with van der Waals surface area (Å²) >= 11 is 0. The van der Waals surface area contributed by atoms with E-state index in [2.05, 4.69) is 24.4 Å². The van der Waals surface area contributed by atoms with Crippen LogP contribution in [0, 0.1) is 11.8 Å². The van der Waals surface area contributed by atoms with Gasteiger partial charge in [0.25, 0.3) is 5.91 Å². The maximum Gasteiger partial charge on any atom is 0.325 e. The van der Waals surface area contributed by atoms with E-state index in [1.165, 1.54) is 5.56 Å². The van der Waals surface area contributed by atoms with Crippen molar-refractivity contribution in [2.24, 2.45) is 11.8 Å². The van der Waals surface area contributed by atoms with Gasteiger partial charge in [-0.15, -0.1) is 0 Å². The van der Waals surface area contributed by atoms with E-state index in [1.807, 2.05) is 24.0 Å². The molecule has 2 heterocycles. The van der Waals surface area contributed by atoms with Gasteiger partial charge in [0, 0.05) is 13.1 Å². The highest BCUT2D eigenvalue weighted by Crippen LogP contribution is 2.36. The molecule has 3 aliphatic rings. The lowest BCUT2D eigenvalue weighted by Gasteiger charge is -2.34.